The van der Waals surface area contributed by atoms with Gasteiger partial charge in [-0.3, -0.25) is 0 Å². The minimum absolute atomic E-state index is 0.225. The SMILES string of the molecule is Oc1ccc(CNc2ccc(Cl)cc2Cl)cc1Br. The fourth-order valence-corrected chi connectivity index (χ4v) is 2.39. The molecule has 2 nitrogen and oxygen atoms in total. The number of nitrogens with one attached hydrogen (secondary N) is 1. The lowest BCUT2D eigenvalue weighted by Gasteiger charge is -2.09. The second-order valence-corrected chi connectivity index (χ2v) is 5.46. The van der Waals surface area contributed by atoms with Crippen molar-refractivity contribution in [1.82, 2.24) is 0 Å². The molecule has 0 saturated carbocycles. The van der Waals surface area contributed by atoms with Gasteiger partial charge in [0.05, 0.1) is 15.2 Å². The number of anilines is 1. The molecule has 0 atom stereocenters. The normalized spacial score (nSPS) is 10.4. The number of halogens is 3. The molecule has 0 aliphatic rings. The van der Waals surface area contributed by atoms with Crippen LogP contribution in [-0.2, 0) is 6.54 Å². The van der Waals surface area contributed by atoms with Gasteiger partial charge in [0.15, 0.2) is 0 Å². The van der Waals surface area contributed by atoms with Gasteiger partial charge in [0.1, 0.15) is 5.75 Å². The fraction of sp³-hybridized carbons (Fsp3) is 0.0769. The van der Waals surface area contributed by atoms with E-state index in [-0.39, 0.29) is 5.75 Å². The van der Waals surface area contributed by atoms with E-state index in [0.717, 1.165) is 11.3 Å². The highest BCUT2D eigenvalue weighted by Gasteiger charge is 2.03. The molecule has 2 N–H and O–H groups in total. The highest BCUT2D eigenvalue weighted by molar-refractivity contribution is 9.10. The molecule has 18 heavy (non-hydrogen) atoms. The summed E-state index contributed by atoms with van der Waals surface area (Å²) >= 11 is 15.2. The molecule has 94 valence electrons. The molecule has 0 spiro atoms. The Morgan fingerprint density at radius 2 is 1.89 bits per heavy atom. The largest absolute Gasteiger partial charge is 0.507 e. The van der Waals surface area contributed by atoms with Crippen molar-refractivity contribution in [2.45, 2.75) is 6.54 Å². The van der Waals surface area contributed by atoms with E-state index in [1.165, 1.54) is 0 Å². The molecule has 0 aliphatic carbocycles. The summed E-state index contributed by atoms with van der Waals surface area (Å²) in [6, 6.07) is 10.6. The number of phenolic OH excluding ortho intramolecular Hbond substituents is 1. The summed E-state index contributed by atoms with van der Waals surface area (Å²) < 4.78 is 0.670. The topological polar surface area (TPSA) is 32.3 Å². The van der Waals surface area contributed by atoms with Crippen molar-refractivity contribution in [3.63, 3.8) is 0 Å². The maximum atomic E-state index is 9.40. The maximum Gasteiger partial charge on any atom is 0.129 e. The Hall–Kier alpha value is -0.900. The predicted octanol–water partition coefficient (Wildman–Crippen LogP) is 5.07. The molecule has 2 aromatic carbocycles. The van der Waals surface area contributed by atoms with Gasteiger partial charge >= 0.3 is 0 Å². The molecular formula is C13H10BrCl2NO. The van der Waals surface area contributed by atoms with Gasteiger partial charge < -0.3 is 10.4 Å². The van der Waals surface area contributed by atoms with E-state index < -0.39 is 0 Å². The van der Waals surface area contributed by atoms with E-state index in [1.807, 2.05) is 18.2 Å². The zero-order valence-electron chi connectivity index (χ0n) is 9.25. The maximum absolute atomic E-state index is 9.40. The van der Waals surface area contributed by atoms with Crippen LogP contribution in [0.5, 0.6) is 5.75 Å². The molecule has 2 rings (SSSR count). The van der Waals surface area contributed by atoms with E-state index in [0.29, 0.717) is 21.1 Å². The summed E-state index contributed by atoms with van der Waals surface area (Å²) in [6.07, 6.45) is 0. The van der Waals surface area contributed by atoms with Crippen molar-refractivity contribution >= 4 is 44.8 Å². The van der Waals surface area contributed by atoms with E-state index in [9.17, 15) is 5.11 Å². The zero-order chi connectivity index (χ0) is 13.1. The van der Waals surface area contributed by atoms with Gasteiger partial charge in [0.2, 0.25) is 0 Å². The van der Waals surface area contributed by atoms with Gasteiger partial charge in [-0.1, -0.05) is 29.3 Å². The number of rotatable bonds is 3. The standard InChI is InChI=1S/C13H10BrCl2NO/c14-10-5-8(1-4-13(10)18)7-17-12-3-2-9(15)6-11(12)16/h1-6,17-18H,7H2. The van der Waals surface area contributed by atoms with Gasteiger partial charge in [0, 0.05) is 11.6 Å². The number of hydrogen-bond donors (Lipinski definition) is 2. The quantitative estimate of drug-likeness (QED) is 0.812. The number of phenols is 1. The van der Waals surface area contributed by atoms with Crippen LogP contribution in [0, 0.1) is 0 Å². The Balaban J connectivity index is 2.09. The Morgan fingerprint density at radius 1 is 1.11 bits per heavy atom. The molecule has 5 heteroatoms. The molecule has 0 fully saturated rings. The van der Waals surface area contributed by atoms with E-state index in [1.54, 1.807) is 18.2 Å². The van der Waals surface area contributed by atoms with Crippen LogP contribution < -0.4 is 5.32 Å². The molecule has 2 aromatic rings. The van der Waals surface area contributed by atoms with Crippen LogP contribution in [0.1, 0.15) is 5.56 Å². The molecule has 0 heterocycles. The van der Waals surface area contributed by atoms with Gasteiger partial charge in [-0.05, 0) is 51.8 Å². The molecular weight excluding hydrogens is 337 g/mol. The van der Waals surface area contributed by atoms with Crippen molar-refractivity contribution in [3.8, 4) is 5.75 Å². The summed E-state index contributed by atoms with van der Waals surface area (Å²) in [5.41, 5.74) is 1.86. The third-order valence-electron chi connectivity index (χ3n) is 2.43. The van der Waals surface area contributed by atoms with E-state index >= 15 is 0 Å². The Morgan fingerprint density at radius 3 is 2.56 bits per heavy atom. The minimum atomic E-state index is 0.225. The van der Waals surface area contributed by atoms with Crippen molar-refractivity contribution in [1.29, 1.82) is 0 Å². The van der Waals surface area contributed by atoms with E-state index in [4.69, 9.17) is 23.2 Å². The highest BCUT2D eigenvalue weighted by Crippen LogP contribution is 2.27. The smallest absolute Gasteiger partial charge is 0.129 e. The Bertz CT molecular complexity index is 575. The highest BCUT2D eigenvalue weighted by atomic mass is 79.9. The number of aromatic hydroxyl groups is 1. The molecule has 0 amide bonds. The third-order valence-corrected chi connectivity index (χ3v) is 3.61. The average Bonchev–Trinajstić information content (AvgIpc) is 2.32. The predicted molar refractivity (Wildman–Crippen MR) is 79.6 cm³/mol. The van der Waals surface area contributed by atoms with Crippen LogP contribution in [0.3, 0.4) is 0 Å². The monoisotopic (exact) mass is 345 g/mol. The molecule has 0 bridgehead atoms. The number of hydrogen-bond acceptors (Lipinski definition) is 2. The lowest BCUT2D eigenvalue weighted by molar-refractivity contribution is 0.471. The van der Waals surface area contributed by atoms with E-state index in [2.05, 4.69) is 21.2 Å². The van der Waals surface area contributed by atoms with Gasteiger partial charge in [-0.15, -0.1) is 0 Å². The lowest BCUT2D eigenvalue weighted by Crippen LogP contribution is -1.99. The molecule has 0 aliphatic heterocycles. The van der Waals surface area contributed by atoms with Gasteiger partial charge in [0.25, 0.3) is 0 Å². The Kier molecular flexibility index (Phi) is 4.38. The van der Waals surface area contributed by atoms with Crippen LogP contribution in [0.2, 0.25) is 10.0 Å². The molecule has 0 saturated heterocycles. The average molecular weight is 347 g/mol. The van der Waals surface area contributed by atoms with Crippen LogP contribution in [-0.4, -0.2) is 5.11 Å². The lowest BCUT2D eigenvalue weighted by atomic mass is 10.2. The van der Waals surface area contributed by atoms with Gasteiger partial charge in [-0.25, -0.2) is 0 Å². The molecule has 0 radical (unpaired) electrons. The third kappa shape index (κ3) is 3.31. The summed E-state index contributed by atoms with van der Waals surface area (Å²) in [4.78, 5) is 0. The summed E-state index contributed by atoms with van der Waals surface area (Å²) in [5.74, 6) is 0.225. The first-order valence-electron chi connectivity index (χ1n) is 5.22. The minimum Gasteiger partial charge on any atom is -0.507 e. The first kappa shape index (κ1) is 13.5. The van der Waals surface area contributed by atoms with Crippen LogP contribution in [0.4, 0.5) is 5.69 Å². The first-order valence-corrected chi connectivity index (χ1v) is 6.77. The van der Waals surface area contributed by atoms with Crippen LogP contribution in [0.15, 0.2) is 40.9 Å². The fourth-order valence-electron chi connectivity index (χ4n) is 1.49. The first-order chi connectivity index (χ1) is 8.56. The van der Waals surface area contributed by atoms with Crippen molar-refractivity contribution < 1.29 is 5.11 Å². The summed E-state index contributed by atoms with van der Waals surface area (Å²) in [5, 5.41) is 13.8. The van der Waals surface area contributed by atoms with Crippen LogP contribution >= 0.6 is 39.1 Å². The number of benzene rings is 2. The Labute approximate surface area is 124 Å². The molecule has 0 unspecified atom stereocenters. The van der Waals surface area contributed by atoms with Gasteiger partial charge in [-0.2, -0.15) is 0 Å². The van der Waals surface area contributed by atoms with Crippen molar-refractivity contribution in [2.75, 3.05) is 5.32 Å². The summed E-state index contributed by atoms with van der Waals surface area (Å²) in [7, 11) is 0. The second kappa shape index (κ2) is 5.83. The van der Waals surface area contributed by atoms with Crippen LogP contribution in [0.25, 0.3) is 0 Å². The summed E-state index contributed by atoms with van der Waals surface area (Å²) in [6.45, 7) is 0.611. The molecule has 0 aromatic heterocycles. The second-order valence-electron chi connectivity index (χ2n) is 3.76. The zero-order valence-corrected chi connectivity index (χ0v) is 12.4. The van der Waals surface area contributed by atoms with Crippen molar-refractivity contribution in [3.05, 3.63) is 56.5 Å². The van der Waals surface area contributed by atoms with Crippen molar-refractivity contribution in [2.24, 2.45) is 0 Å².